The smallest absolute Gasteiger partial charge is 0.0574 e. The van der Waals surface area contributed by atoms with E-state index in [1.165, 1.54) is 20.3 Å². The number of benzene rings is 2. The van der Waals surface area contributed by atoms with Gasteiger partial charge in [0.2, 0.25) is 0 Å². The van der Waals surface area contributed by atoms with Crippen LogP contribution >= 0.6 is 22.6 Å². The topological polar surface area (TPSA) is 12.0 Å². The first-order chi connectivity index (χ1) is 9.41. The van der Waals surface area contributed by atoms with Crippen LogP contribution in [0.15, 0.2) is 48.5 Å². The van der Waals surface area contributed by atoms with E-state index in [1.54, 1.807) is 0 Å². The van der Waals surface area contributed by atoms with Gasteiger partial charge in [0.1, 0.15) is 0 Å². The van der Waals surface area contributed by atoms with Crippen molar-refractivity contribution >= 4 is 22.6 Å². The standard InChI is InChI=1S/C18H22IN/c1-18(2,3)15-9-5-13(6-10-15)17(20-4)14-7-11-16(19)12-8-14/h5-12,17,20H,1-4H3. The molecule has 20 heavy (non-hydrogen) atoms. The molecule has 1 atom stereocenters. The molecule has 0 aromatic heterocycles. The highest BCUT2D eigenvalue weighted by Gasteiger charge is 2.15. The van der Waals surface area contributed by atoms with Crippen LogP contribution < -0.4 is 5.32 Å². The van der Waals surface area contributed by atoms with E-state index in [4.69, 9.17) is 0 Å². The van der Waals surface area contributed by atoms with Gasteiger partial charge in [-0.3, -0.25) is 0 Å². The minimum absolute atomic E-state index is 0.205. The number of rotatable bonds is 3. The molecule has 0 radical (unpaired) electrons. The lowest BCUT2D eigenvalue weighted by atomic mass is 9.86. The van der Waals surface area contributed by atoms with Crippen molar-refractivity contribution in [3.8, 4) is 0 Å². The molecule has 0 spiro atoms. The maximum absolute atomic E-state index is 3.41. The molecule has 0 saturated carbocycles. The highest BCUT2D eigenvalue weighted by atomic mass is 127. The molecule has 1 N–H and O–H groups in total. The zero-order chi connectivity index (χ0) is 14.8. The minimum atomic E-state index is 0.205. The number of hydrogen-bond acceptors (Lipinski definition) is 1. The van der Waals surface area contributed by atoms with E-state index < -0.39 is 0 Å². The van der Waals surface area contributed by atoms with Crippen LogP contribution in [0, 0.1) is 3.57 Å². The highest BCUT2D eigenvalue weighted by molar-refractivity contribution is 14.1. The molecular formula is C18H22IN. The molecule has 0 saturated heterocycles. The SMILES string of the molecule is CNC(c1ccc(I)cc1)c1ccc(C(C)(C)C)cc1. The first kappa shape index (κ1) is 15.5. The fraction of sp³-hybridized carbons (Fsp3) is 0.333. The lowest BCUT2D eigenvalue weighted by Crippen LogP contribution is -2.18. The van der Waals surface area contributed by atoms with Crippen molar-refractivity contribution < 1.29 is 0 Å². The summed E-state index contributed by atoms with van der Waals surface area (Å²) in [5, 5.41) is 3.41. The van der Waals surface area contributed by atoms with Gasteiger partial charge in [0.05, 0.1) is 6.04 Å². The molecule has 0 amide bonds. The molecule has 0 bridgehead atoms. The monoisotopic (exact) mass is 379 g/mol. The molecule has 2 aromatic carbocycles. The van der Waals surface area contributed by atoms with E-state index in [9.17, 15) is 0 Å². The van der Waals surface area contributed by atoms with Gasteiger partial charge in [0.15, 0.2) is 0 Å². The van der Waals surface area contributed by atoms with Gasteiger partial charge in [-0.05, 0) is 63.9 Å². The Balaban J connectivity index is 2.30. The van der Waals surface area contributed by atoms with Gasteiger partial charge in [0.25, 0.3) is 0 Å². The van der Waals surface area contributed by atoms with Crippen LogP contribution in [-0.4, -0.2) is 7.05 Å². The summed E-state index contributed by atoms with van der Waals surface area (Å²) in [5.74, 6) is 0. The Kier molecular flexibility index (Phi) is 4.86. The van der Waals surface area contributed by atoms with Gasteiger partial charge < -0.3 is 5.32 Å². The third kappa shape index (κ3) is 3.61. The quantitative estimate of drug-likeness (QED) is 0.749. The average Bonchev–Trinajstić information content (AvgIpc) is 2.41. The third-order valence-corrected chi connectivity index (χ3v) is 4.32. The Bertz CT molecular complexity index is 549. The maximum atomic E-state index is 3.41. The predicted octanol–water partition coefficient (Wildman–Crippen LogP) is 4.90. The molecule has 2 rings (SSSR count). The molecule has 0 heterocycles. The lowest BCUT2D eigenvalue weighted by Gasteiger charge is -2.22. The van der Waals surface area contributed by atoms with Gasteiger partial charge >= 0.3 is 0 Å². The van der Waals surface area contributed by atoms with Gasteiger partial charge in [-0.1, -0.05) is 57.2 Å². The molecule has 2 aromatic rings. The van der Waals surface area contributed by atoms with Crippen LogP contribution in [0.5, 0.6) is 0 Å². The van der Waals surface area contributed by atoms with Gasteiger partial charge in [0, 0.05) is 3.57 Å². The molecule has 1 unspecified atom stereocenters. The minimum Gasteiger partial charge on any atom is -0.309 e. The molecule has 0 aliphatic heterocycles. The molecule has 106 valence electrons. The summed E-state index contributed by atoms with van der Waals surface area (Å²) in [7, 11) is 2.01. The average molecular weight is 379 g/mol. The molecule has 0 aliphatic carbocycles. The third-order valence-electron chi connectivity index (χ3n) is 3.60. The number of nitrogens with one attached hydrogen (secondary N) is 1. The number of halogens is 1. The fourth-order valence-corrected chi connectivity index (χ4v) is 2.72. The molecule has 0 fully saturated rings. The Morgan fingerprint density at radius 2 is 1.30 bits per heavy atom. The fourth-order valence-electron chi connectivity index (χ4n) is 2.36. The zero-order valence-corrected chi connectivity index (χ0v) is 14.7. The van der Waals surface area contributed by atoms with E-state index in [1.807, 2.05) is 7.05 Å². The second kappa shape index (κ2) is 6.27. The van der Waals surface area contributed by atoms with Crippen molar-refractivity contribution in [3.05, 3.63) is 68.8 Å². The van der Waals surface area contributed by atoms with Crippen molar-refractivity contribution in [2.75, 3.05) is 7.05 Å². The maximum Gasteiger partial charge on any atom is 0.0574 e. The summed E-state index contributed by atoms with van der Waals surface area (Å²) in [6, 6.07) is 17.9. The van der Waals surface area contributed by atoms with Crippen LogP contribution in [-0.2, 0) is 5.41 Å². The first-order valence-electron chi connectivity index (χ1n) is 6.95. The summed E-state index contributed by atoms with van der Waals surface area (Å²) < 4.78 is 1.27. The summed E-state index contributed by atoms with van der Waals surface area (Å²) >= 11 is 2.34. The van der Waals surface area contributed by atoms with Gasteiger partial charge in [-0.2, -0.15) is 0 Å². The molecule has 1 nitrogen and oxygen atoms in total. The van der Waals surface area contributed by atoms with Gasteiger partial charge in [-0.15, -0.1) is 0 Å². The van der Waals surface area contributed by atoms with Gasteiger partial charge in [-0.25, -0.2) is 0 Å². The predicted molar refractivity (Wildman–Crippen MR) is 95.2 cm³/mol. The summed E-state index contributed by atoms with van der Waals surface area (Å²) in [6.07, 6.45) is 0. The molecule has 0 aliphatic rings. The largest absolute Gasteiger partial charge is 0.309 e. The van der Waals surface area contributed by atoms with E-state index >= 15 is 0 Å². The Morgan fingerprint density at radius 1 is 0.850 bits per heavy atom. The molecule has 2 heteroatoms. The second-order valence-electron chi connectivity index (χ2n) is 6.15. The van der Waals surface area contributed by atoms with E-state index in [2.05, 4.69) is 97.2 Å². The number of hydrogen-bond donors (Lipinski definition) is 1. The van der Waals surface area contributed by atoms with E-state index in [0.29, 0.717) is 0 Å². The van der Waals surface area contributed by atoms with E-state index in [-0.39, 0.29) is 11.5 Å². The Morgan fingerprint density at radius 3 is 1.70 bits per heavy atom. The lowest BCUT2D eigenvalue weighted by molar-refractivity contribution is 0.589. The van der Waals surface area contributed by atoms with Crippen molar-refractivity contribution in [3.63, 3.8) is 0 Å². The zero-order valence-electron chi connectivity index (χ0n) is 12.6. The summed E-state index contributed by atoms with van der Waals surface area (Å²) in [4.78, 5) is 0. The van der Waals surface area contributed by atoms with Crippen LogP contribution in [0.3, 0.4) is 0 Å². The van der Waals surface area contributed by atoms with Crippen molar-refractivity contribution in [2.24, 2.45) is 0 Å². The van der Waals surface area contributed by atoms with Crippen LogP contribution in [0.2, 0.25) is 0 Å². The van der Waals surface area contributed by atoms with Crippen LogP contribution in [0.1, 0.15) is 43.5 Å². The normalized spacial score (nSPS) is 13.2. The first-order valence-corrected chi connectivity index (χ1v) is 8.03. The second-order valence-corrected chi connectivity index (χ2v) is 7.39. The van der Waals surface area contributed by atoms with Crippen molar-refractivity contribution in [1.82, 2.24) is 5.32 Å². The van der Waals surface area contributed by atoms with Crippen LogP contribution in [0.4, 0.5) is 0 Å². The van der Waals surface area contributed by atoms with E-state index in [0.717, 1.165) is 0 Å². The summed E-state index contributed by atoms with van der Waals surface area (Å²) in [5.41, 5.74) is 4.19. The van der Waals surface area contributed by atoms with Crippen molar-refractivity contribution in [2.45, 2.75) is 32.2 Å². The Labute approximate surface area is 135 Å². The molecular weight excluding hydrogens is 357 g/mol. The van der Waals surface area contributed by atoms with Crippen molar-refractivity contribution in [1.29, 1.82) is 0 Å². The highest BCUT2D eigenvalue weighted by Crippen LogP contribution is 2.26. The Hall–Kier alpha value is -0.870. The summed E-state index contributed by atoms with van der Waals surface area (Å²) in [6.45, 7) is 6.74. The van der Waals surface area contributed by atoms with Crippen LogP contribution in [0.25, 0.3) is 0 Å².